The van der Waals surface area contributed by atoms with E-state index in [-0.39, 0.29) is 17.7 Å². The zero-order valence-electron chi connectivity index (χ0n) is 16.3. The summed E-state index contributed by atoms with van der Waals surface area (Å²) in [5.74, 6) is -1.53. The zero-order valence-corrected chi connectivity index (χ0v) is 16.3. The molecule has 0 radical (unpaired) electrons. The van der Waals surface area contributed by atoms with Gasteiger partial charge in [0.1, 0.15) is 0 Å². The monoisotopic (exact) mass is 371 g/mol. The van der Waals surface area contributed by atoms with Crippen LogP contribution in [0.5, 0.6) is 0 Å². The highest BCUT2D eigenvalue weighted by Gasteiger charge is 2.33. The van der Waals surface area contributed by atoms with Crippen LogP contribution in [0.1, 0.15) is 58.4 Å². The van der Waals surface area contributed by atoms with Crippen molar-refractivity contribution in [1.82, 2.24) is 4.98 Å². The molecule has 0 saturated heterocycles. The summed E-state index contributed by atoms with van der Waals surface area (Å²) in [6, 6.07) is 9.21. The van der Waals surface area contributed by atoms with Gasteiger partial charge in [-0.2, -0.15) is 0 Å². The van der Waals surface area contributed by atoms with Gasteiger partial charge in [-0.15, -0.1) is 0 Å². The molecule has 0 aliphatic carbocycles. The Morgan fingerprint density at radius 2 is 1.56 bits per heavy atom. The van der Waals surface area contributed by atoms with E-state index in [2.05, 4.69) is 4.98 Å². The summed E-state index contributed by atoms with van der Waals surface area (Å²) < 4.78 is 10.3. The van der Waals surface area contributed by atoms with Crippen molar-refractivity contribution in [3.05, 3.63) is 58.4 Å². The number of rotatable bonds is 7. The number of H-pyrrole nitrogens is 1. The number of aryl methyl sites for hydroxylation is 2. The minimum absolute atomic E-state index is 0.192. The van der Waals surface area contributed by atoms with E-state index in [0.717, 1.165) is 5.56 Å². The molecule has 2 aromatic rings. The van der Waals surface area contributed by atoms with Crippen LogP contribution < -0.4 is 0 Å². The van der Waals surface area contributed by atoms with Gasteiger partial charge < -0.3 is 14.5 Å². The molecule has 0 aliphatic rings. The van der Waals surface area contributed by atoms with Crippen LogP contribution >= 0.6 is 0 Å². The number of esters is 2. The number of carbonyl (C=O) groups is 3. The second-order valence-corrected chi connectivity index (χ2v) is 6.84. The van der Waals surface area contributed by atoms with Gasteiger partial charge in [0.25, 0.3) is 0 Å². The first-order valence-corrected chi connectivity index (χ1v) is 8.82. The lowest BCUT2D eigenvalue weighted by Crippen LogP contribution is -2.32. The van der Waals surface area contributed by atoms with Crippen LogP contribution in [0, 0.1) is 13.8 Å². The van der Waals surface area contributed by atoms with Crippen LogP contribution in [0.3, 0.4) is 0 Å². The van der Waals surface area contributed by atoms with E-state index in [1.165, 1.54) is 0 Å². The third-order valence-corrected chi connectivity index (χ3v) is 4.47. The summed E-state index contributed by atoms with van der Waals surface area (Å²) in [7, 11) is 0. The van der Waals surface area contributed by atoms with E-state index in [1.54, 1.807) is 34.6 Å². The Hall–Kier alpha value is -2.89. The highest BCUT2D eigenvalue weighted by molar-refractivity contribution is 6.09. The van der Waals surface area contributed by atoms with Gasteiger partial charge in [0, 0.05) is 11.4 Å². The van der Waals surface area contributed by atoms with Gasteiger partial charge in [-0.3, -0.25) is 9.59 Å². The standard InChI is InChI=1S/C21H25NO5/c1-6-26-19(24)18-14(3)22-13(2)17(18)16(23)12-27-20(25)21(4,5)15-10-8-7-9-11-15/h7-11,22H,6,12H2,1-5H3. The quantitative estimate of drug-likeness (QED) is 0.595. The maximum Gasteiger partial charge on any atom is 0.340 e. The summed E-state index contributed by atoms with van der Waals surface area (Å²) in [4.78, 5) is 40.4. The lowest BCUT2D eigenvalue weighted by Gasteiger charge is -2.22. The van der Waals surface area contributed by atoms with E-state index in [9.17, 15) is 14.4 Å². The third-order valence-electron chi connectivity index (χ3n) is 4.47. The predicted octanol–water partition coefficient (Wildman–Crippen LogP) is 3.51. The smallest absolute Gasteiger partial charge is 0.340 e. The Labute approximate surface area is 158 Å². The van der Waals surface area contributed by atoms with Gasteiger partial charge in [0.15, 0.2) is 6.61 Å². The Morgan fingerprint density at radius 1 is 0.963 bits per heavy atom. The molecule has 0 saturated carbocycles. The Balaban J connectivity index is 2.17. The van der Waals surface area contributed by atoms with E-state index in [4.69, 9.17) is 9.47 Å². The van der Waals surface area contributed by atoms with Crippen molar-refractivity contribution in [2.24, 2.45) is 0 Å². The SMILES string of the molecule is CCOC(=O)c1c(C)[nH]c(C)c1C(=O)COC(=O)C(C)(C)c1ccccc1. The highest BCUT2D eigenvalue weighted by atomic mass is 16.5. The van der Waals surface area contributed by atoms with Gasteiger partial charge in [0.2, 0.25) is 5.78 Å². The van der Waals surface area contributed by atoms with E-state index < -0.39 is 29.7 Å². The van der Waals surface area contributed by atoms with Crippen molar-refractivity contribution in [2.75, 3.05) is 13.2 Å². The maximum atomic E-state index is 12.7. The number of ether oxygens (including phenoxy) is 2. The Kier molecular flexibility index (Phi) is 6.20. The normalized spacial score (nSPS) is 11.1. The van der Waals surface area contributed by atoms with Crippen LogP contribution in [-0.4, -0.2) is 35.9 Å². The number of aromatic nitrogens is 1. The van der Waals surface area contributed by atoms with Crippen LogP contribution in [0.25, 0.3) is 0 Å². The second kappa shape index (κ2) is 8.20. The van der Waals surface area contributed by atoms with Gasteiger partial charge in [-0.05, 0) is 40.2 Å². The molecule has 27 heavy (non-hydrogen) atoms. The number of carbonyl (C=O) groups excluding carboxylic acids is 3. The van der Waals surface area contributed by atoms with Crippen molar-refractivity contribution in [3.63, 3.8) is 0 Å². The molecule has 0 fully saturated rings. The van der Waals surface area contributed by atoms with Gasteiger partial charge in [0.05, 0.1) is 23.1 Å². The molecule has 0 aliphatic heterocycles. The Morgan fingerprint density at radius 3 is 2.15 bits per heavy atom. The molecule has 0 unspecified atom stereocenters. The average molecular weight is 371 g/mol. The minimum Gasteiger partial charge on any atom is -0.462 e. The molecule has 1 N–H and O–H groups in total. The van der Waals surface area contributed by atoms with Gasteiger partial charge >= 0.3 is 11.9 Å². The van der Waals surface area contributed by atoms with Crippen LogP contribution in [0.2, 0.25) is 0 Å². The molecule has 0 spiro atoms. The average Bonchev–Trinajstić information content (AvgIpc) is 2.94. The van der Waals surface area contributed by atoms with Gasteiger partial charge in [-0.1, -0.05) is 30.3 Å². The topological polar surface area (TPSA) is 85.5 Å². The molecule has 1 aromatic heterocycles. The largest absolute Gasteiger partial charge is 0.462 e. The molecule has 0 atom stereocenters. The number of hydrogen-bond donors (Lipinski definition) is 1. The lowest BCUT2D eigenvalue weighted by molar-refractivity contribution is -0.148. The second-order valence-electron chi connectivity index (χ2n) is 6.84. The molecule has 0 amide bonds. The highest BCUT2D eigenvalue weighted by Crippen LogP contribution is 2.25. The molecule has 2 rings (SSSR count). The van der Waals surface area contributed by atoms with E-state index in [1.807, 2.05) is 30.3 Å². The Bertz CT molecular complexity index is 849. The first-order valence-electron chi connectivity index (χ1n) is 8.82. The predicted molar refractivity (Wildman–Crippen MR) is 101 cm³/mol. The number of benzene rings is 1. The molecule has 6 heteroatoms. The fourth-order valence-corrected chi connectivity index (χ4v) is 2.94. The summed E-state index contributed by atoms with van der Waals surface area (Å²) in [5, 5.41) is 0. The van der Waals surface area contributed by atoms with Crippen LogP contribution in [-0.2, 0) is 19.7 Å². The summed E-state index contributed by atoms with van der Waals surface area (Å²) in [6.07, 6.45) is 0. The van der Waals surface area contributed by atoms with Gasteiger partial charge in [-0.25, -0.2) is 4.79 Å². The third kappa shape index (κ3) is 4.27. The first-order chi connectivity index (χ1) is 12.7. The van der Waals surface area contributed by atoms with E-state index in [0.29, 0.717) is 11.4 Å². The lowest BCUT2D eigenvalue weighted by atomic mass is 9.85. The molecular formula is C21H25NO5. The van der Waals surface area contributed by atoms with Crippen LogP contribution in [0.4, 0.5) is 0 Å². The number of Topliss-reactive ketones (excluding diaryl/α,β-unsaturated/α-hetero) is 1. The van der Waals surface area contributed by atoms with Crippen molar-refractivity contribution >= 4 is 17.7 Å². The fraction of sp³-hybridized carbons (Fsp3) is 0.381. The van der Waals surface area contributed by atoms with Crippen molar-refractivity contribution in [1.29, 1.82) is 0 Å². The fourth-order valence-electron chi connectivity index (χ4n) is 2.94. The van der Waals surface area contributed by atoms with Crippen molar-refractivity contribution < 1.29 is 23.9 Å². The molecule has 6 nitrogen and oxygen atoms in total. The van der Waals surface area contributed by atoms with Crippen molar-refractivity contribution in [3.8, 4) is 0 Å². The number of hydrogen-bond acceptors (Lipinski definition) is 5. The number of ketones is 1. The summed E-state index contributed by atoms with van der Waals surface area (Å²) in [5.41, 5.74) is 1.38. The minimum atomic E-state index is -0.894. The molecule has 144 valence electrons. The maximum absolute atomic E-state index is 12.7. The molecule has 0 bridgehead atoms. The number of aromatic amines is 1. The molecular weight excluding hydrogens is 346 g/mol. The number of nitrogens with one attached hydrogen (secondary N) is 1. The summed E-state index contributed by atoms with van der Waals surface area (Å²) >= 11 is 0. The molecule has 1 aromatic carbocycles. The van der Waals surface area contributed by atoms with Crippen LogP contribution in [0.15, 0.2) is 30.3 Å². The first kappa shape index (κ1) is 20.4. The molecule has 1 heterocycles. The summed E-state index contributed by atoms with van der Waals surface area (Å²) in [6.45, 7) is 8.33. The zero-order chi connectivity index (χ0) is 20.2. The van der Waals surface area contributed by atoms with Crippen molar-refractivity contribution in [2.45, 2.75) is 40.0 Å². The van der Waals surface area contributed by atoms with E-state index >= 15 is 0 Å².